The fourth-order valence-corrected chi connectivity index (χ4v) is 6.07. The van der Waals surface area contributed by atoms with Crippen LogP contribution in [0, 0.1) is 55.4 Å². The third-order valence-corrected chi connectivity index (χ3v) is 9.05. The topological polar surface area (TPSA) is 148 Å². The van der Waals surface area contributed by atoms with Crippen LogP contribution in [0.15, 0.2) is 93.2 Å². The van der Waals surface area contributed by atoms with Crippen molar-refractivity contribution in [2.24, 2.45) is 20.4 Å². The maximum Gasteiger partial charge on any atom is 0.340 e. The van der Waals surface area contributed by atoms with E-state index in [1.165, 1.54) is 0 Å². The molecule has 0 spiro atoms. The number of hydrogen-bond acceptors (Lipinski definition) is 10. The van der Waals surface area contributed by atoms with Crippen molar-refractivity contribution >= 4 is 36.8 Å². The predicted octanol–water partition coefficient (Wildman–Crippen LogP) is 7.72. The Kier molecular flexibility index (Phi) is 14.0. The van der Waals surface area contributed by atoms with Gasteiger partial charge in [-0.1, -0.05) is 12.1 Å². The summed E-state index contributed by atoms with van der Waals surface area (Å²) in [7, 11) is 0. The molecule has 14 heteroatoms. The van der Waals surface area contributed by atoms with Gasteiger partial charge < -0.3 is 9.47 Å². The van der Waals surface area contributed by atoms with Crippen molar-refractivity contribution in [2.75, 3.05) is 13.2 Å². The van der Waals surface area contributed by atoms with E-state index in [0.717, 1.165) is 45.6 Å². The molecule has 0 aliphatic carbocycles. The van der Waals surface area contributed by atoms with Gasteiger partial charge in [0.1, 0.15) is 0 Å². The summed E-state index contributed by atoms with van der Waals surface area (Å²) in [6.45, 7) is 19.7. The summed E-state index contributed by atoms with van der Waals surface area (Å²) < 4.78 is 17.4. The average molecular weight is 783 g/mol. The Morgan fingerprint density at radius 2 is 0.776 bits per heavy atom. The van der Waals surface area contributed by atoms with E-state index in [1.54, 1.807) is 60.2 Å². The Morgan fingerprint density at radius 1 is 0.483 bits per heavy atom. The molecule has 0 saturated heterocycles. The van der Waals surface area contributed by atoms with Gasteiger partial charge in [0.05, 0.1) is 83.4 Å². The summed E-state index contributed by atoms with van der Waals surface area (Å²) in [4.78, 5) is 33.4. The molecule has 0 unspecified atom stereocenters. The minimum absolute atomic E-state index is 0.316. The summed E-state index contributed by atoms with van der Waals surface area (Å²) in [5.74, 6) is -0.731. The monoisotopic (exact) mass is 782 g/mol. The molecule has 14 nitrogen and oxygen atoms in total. The van der Waals surface area contributed by atoms with E-state index < -0.39 is 0 Å². The minimum Gasteiger partial charge on any atom is -0.462 e. The zero-order valence-corrected chi connectivity index (χ0v) is 34.8. The minimum atomic E-state index is -0.366. The molecule has 6 heterocycles. The van der Waals surface area contributed by atoms with E-state index >= 15 is 0 Å². The van der Waals surface area contributed by atoms with Crippen molar-refractivity contribution < 1.29 is 19.1 Å². The molecule has 0 bridgehead atoms. The Hall–Kier alpha value is -6.96. The highest BCUT2D eigenvalue weighted by Crippen LogP contribution is 2.18. The molecule has 0 N–H and O–H groups in total. The molecule has 6 aromatic heterocycles. The number of hydrogen-bond donors (Lipinski definition) is 0. The Bertz CT molecular complexity index is 2320. The number of ether oxygens (including phenoxy) is 2. The number of aryl methyl sites for hydroxylation is 6. The number of pyridine rings is 2. The van der Waals surface area contributed by atoms with Gasteiger partial charge >= 0.3 is 11.9 Å². The SMILES string of the molecule is CCOC(=O)c1cc(C)n(/N=C\c2cccc(/C=N\n3c(C)cc(C(=O)OCC)c3C)n2)c1C.Cc1ccc(C)n1/N=C\c1cccc(/C=N\n2c(C)ccc2C)n1. The molecule has 0 amide bonds. The maximum absolute atomic E-state index is 12.1. The Balaban J connectivity index is 0.000000234. The normalized spacial score (nSPS) is 11.6. The molecule has 0 aliphatic heterocycles. The summed E-state index contributed by atoms with van der Waals surface area (Å²) in [6, 6.07) is 23.0. The molecule has 0 radical (unpaired) electrons. The molecule has 0 aliphatic rings. The number of carbonyl (C=O) groups excluding carboxylic acids is 2. The van der Waals surface area contributed by atoms with Gasteiger partial charge in [0, 0.05) is 34.2 Å². The van der Waals surface area contributed by atoms with Crippen molar-refractivity contribution in [1.82, 2.24) is 28.7 Å². The van der Waals surface area contributed by atoms with Crippen molar-refractivity contribution in [3.8, 4) is 0 Å². The Morgan fingerprint density at radius 3 is 1.07 bits per heavy atom. The quantitative estimate of drug-likeness (QED) is 0.0918. The first-order valence-corrected chi connectivity index (χ1v) is 18.9. The van der Waals surface area contributed by atoms with Crippen LogP contribution in [0.2, 0.25) is 0 Å². The van der Waals surface area contributed by atoms with Crippen molar-refractivity contribution in [1.29, 1.82) is 0 Å². The average Bonchev–Trinajstić information content (AvgIpc) is 3.89. The fourth-order valence-electron chi connectivity index (χ4n) is 6.07. The van der Waals surface area contributed by atoms with Gasteiger partial charge in [-0.2, -0.15) is 20.4 Å². The lowest BCUT2D eigenvalue weighted by atomic mass is 10.2. The van der Waals surface area contributed by atoms with Crippen molar-refractivity contribution in [3.63, 3.8) is 0 Å². The summed E-state index contributed by atoms with van der Waals surface area (Å²) in [6.07, 6.45) is 6.78. The first kappa shape index (κ1) is 42.2. The first-order valence-electron chi connectivity index (χ1n) is 18.9. The second kappa shape index (κ2) is 19.3. The smallest absolute Gasteiger partial charge is 0.340 e. The molecule has 58 heavy (non-hydrogen) atoms. The van der Waals surface area contributed by atoms with E-state index in [2.05, 4.69) is 30.4 Å². The molecular formula is C44H50N10O4. The highest BCUT2D eigenvalue weighted by molar-refractivity contribution is 5.92. The lowest BCUT2D eigenvalue weighted by Crippen LogP contribution is -2.06. The summed E-state index contributed by atoms with van der Waals surface area (Å²) in [5, 5.41) is 18.0. The van der Waals surface area contributed by atoms with Crippen LogP contribution >= 0.6 is 0 Å². The van der Waals surface area contributed by atoms with Crippen molar-refractivity contribution in [3.05, 3.63) is 152 Å². The van der Waals surface area contributed by atoms with Gasteiger partial charge in [0.15, 0.2) is 0 Å². The number of esters is 2. The predicted molar refractivity (Wildman–Crippen MR) is 228 cm³/mol. The molecular weight excluding hydrogens is 733 g/mol. The van der Waals surface area contributed by atoms with Gasteiger partial charge in [0.25, 0.3) is 0 Å². The molecule has 6 rings (SSSR count). The van der Waals surface area contributed by atoms with E-state index in [9.17, 15) is 9.59 Å². The number of carbonyl (C=O) groups is 2. The number of aromatic nitrogens is 6. The Labute approximate surface area is 338 Å². The summed E-state index contributed by atoms with van der Waals surface area (Å²) >= 11 is 0. The second-order valence-electron chi connectivity index (χ2n) is 13.4. The molecule has 0 fully saturated rings. The zero-order valence-electron chi connectivity index (χ0n) is 34.8. The van der Waals surface area contributed by atoms with Crippen LogP contribution in [0.25, 0.3) is 0 Å². The third-order valence-electron chi connectivity index (χ3n) is 9.05. The van der Waals surface area contributed by atoms with Gasteiger partial charge in [0.2, 0.25) is 0 Å². The van der Waals surface area contributed by atoms with Gasteiger partial charge in [-0.3, -0.25) is 0 Å². The van der Waals surface area contributed by atoms with Crippen LogP contribution in [-0.4, -0.2) is 78.7 Å². The fraction of sp³-hybridized carbons (Fsp3) is 0.273. The van der Waals surface area contributed by atoms with Gasteiger partial charge in [-0.05, 0) is 130 Å². The first-order chi connectivity index (χ1) is 27.8. The lowest BCUT2D eigenvalue weighted by molar-refractivity contribution is 0.0515. The largest absolute Gasteiger partial charge is 0.462 e. The molecule has 0 aromatic carbocycles. The van der Waals surface area contributed by atoms with Crippen LogP contribution in [0.1, 0.15) is 103 Å². The molecule has 0 atom stereocenters. The van der Waals surface area contributed by atoms with Crippen LogP contribution in [0.3, 0.4) is 0 Å². The molecule has 300 valence electrons. The highest BCUT2D eigenvalue weighted by atomic mass is 16.5. The standard InChI is InChI=1S/C25H29N5O4.C19H21N5/c1-7-33-24(31)22-12-16(3)29(18(22)5)26-14-20-10-9-11-21(28-20)15-27-30-17(4)13-23(19(30)6)25(32)34-8-2;1-14-8-9-15(2)23(14)20-12-18-6-5-7-19(22-18)13-21-24-16(3)10-11-17(24)4/h9-15H,7-8H2,1-6H3;5-13H,1-4H3/b26-14-,27-15-;20-12-,21-13-. The van der Waals surface area contributed by atoms with E-state index in [-0.39, 0.29) is 11.9 Å². The second-order valence-corrected chi connectivity index (χ2v) is 13.4. The highest BCUT2D eigenvalue weighted by Gasteiger charge is 2.17. The van der Waals surface area contributed by atoms with Crippen LogP contribution in [0.5, 0.6) is 0 Å². The number of rotatable bonds is 12. The lowest BCUT2D eigenvalue weighted by Gasteiger charge is -2.04. The number of nitrogens with zero attached hydrogens (tertiary/aromatic N) is 10. The molecule has 6 aromatic rings. The van der Waals surface area contributed by atoms with E-state index in [4.69, 9.17) is 9.47 Å². The zero-order chi connectivity index (χ0) is 41.9. The summed E-state index contributed by atoms with van der Waals surface area (Å²) in [5.41, 5.74) is 11.2. The van der Waals surface area contributed by atoms with Crippen LogP contribution in [0.4, 0.5) is 0 Å². The van der Waals surface area contributed by atoms with Crippen LogP contribution < -0.4 is 0 Å². The van der Waals surface area contributed by atoms with Crippen LogP contribution in [-0.2, 0) is 9.47 Å². The van der Waals surface area contributed by atoms with Gasteiger partial charge in [-0.15, -0.1) is 0 Å². The third kappa shape index (κ3) is 10.3. The van der Waals surface area contributed by atoms with Gasteiger partial charge in [-0.25, -0.2) is 38.3 Å². The van der Waals surface area contributed by atoms with Crippen molar-refractivity contribution in [2.45, 2.75) is 69.2 Å². The molecule has 0 saturated carbocycles. The van der Waals surface area contributed by atoms with E-state index in [1.807, 2.05) is 125 Å². The maximum atomic E-state index is 12.1. The van der Waals surface area contributed by atoms with E-state index in [0.29, 0.717) is 47.1 Å².